The molecule has 0 aliphatic heterocycles. The topological polar surface area (TPSA) is 61.5 Å². The fraction of sp³-hybridized carbons (Fsp3) is 0.417. The van der Waals surface area contributed by atoms with Crippen LogP contribution >= 0.6 is 0 Å². The summed E-state index contributed by atoms with van der Waals surface area (Å²) in [6, 6.07) is 4.91. The molecule has 4 nitrogen and oxygen atoms in total. The Morgan fingerprint density at radius 1 is 1.31 bits per heavy atom. The summed E-state index contributed by atoms with van der Waals surface area (Å²) in [4.78, 5) is 11.5. The van der Waals surface area contributed by atoms with Crippen LogP contribution in [0, 0.1) is 0 Å². The van der Waals surface area contributed by atoms with Gasteiger partial charge in [0.05, 0.1) is 7.11 Å². The van der Waals surface area contributed by atoms with Gasteiger partial charge < -0.3 is 15.2 Å². The van der Waals surface area contributed by atoms with Gasteiger partial charge in [-0.1, -0.05) is 0 Å². The molecule has 4 heteroatoms. The fourth-order valence-corrected chi connectivity index (χ4v) is 1.24. The number of carbonyl (C=O) groups excluding carboxylic acids is 1. The van der Waals surface area contributed by atoms with Crippen molar-refractivity contribution in [3.63, 3.8) is 0 Å². The summed E-state index contributed by atoms with van der Waals surface area (Å²) in [5.41, 5.74) is 6.09. The molecule has 1 aromatic rings. The second kappa shape index (κ2) is 4.43. The molecule has 0 bridgehead atoms. The Kier molecular flexibility index (Phi) is 3.42. The van der Waals surface area contributed by atoms with Gasteiger partial charge in [0.1, 0.15) is 16.9 Å². The van der Waals surface area contributed by atoms with Gasteiger partial charge in [0.15, 0.2) is 0 Å². The normalized spacial score (nSPS) is 11.0. The maximum Gasteiger partial charge on any atom is 0.341 e. The van der Waals surface area contributed by atoms with E-state index in [1.165, 1.54) is 7.11 Å². The minimum Gasteiger partial charge on any atom is -0.487 e. The van der Waals surface area contributed by atoms with Gasteiger partial charge in [0, 0.05) is 5.69 Å². The number of benzene rings is 1. The van der Waals surface area contributed by atoms with Crippen molar-refractivity contribution in [3.05, 3.63) is 23.8 Å². The van der Waals surface area contributed by atoms with Crippen LogP contribution in [0.4, 0.5) is 5.69 Å². The van der Waals surface area contributed by atoms with Crippen LogP contribution in [0.3, 0.4) is 0 Å². The van der Waals surface area contributed by atoms with Crippen molar-refractivity contribution < 1.29 is 14.3 Å². The number of rotatable bonds is 2. The Bertz CT molecular complexity index is 394. The van der Waals surface area contributed by atoms with Crippen LogP contribution in [-0.4, -0.2) is 18.7 Å². The smallest absolute Gasteiger partial charge is 0.341 e. The highest BCUT2D eigenvalue weighted by Gasteiger charge is 2.18. The zero-order chi connectivity index (χ0) is 12.3. The zero-order valence-corrected chi connectivity index (χ0v) is 10.0. The van der Waals surface area contributed by atoms with Gasteiger partial charge in [-0.2, -0.15) is 0 Å². The highest BCUT2D eigenvalue weighted by atomic mass is 16.5. The lowest BCUT2D eigenvalue weighted by atomic mass is 10.1. The first-order chi connectivity index (χ1) is 7.33. The van der Waals surface area contributed by atoms with E-state index in [-0.39, 0.29) is 5.60 Å². The number of esters is 1. The van der Waals surface area contributed by atoms with Crippen LogP contribution in [0.5, 0.6) is 5.75 Å². The number of nitrogens with two attached hydrogens (primary N) is 1. The molecule has 0 aromatic heterocycles. The molecule has 0 amide bonds. The molecule has 1 aromatic carbocycles. The number of nitrogen functional groups attached to an aromatic ring is 1. The van der Waals surface area contributed by atoms with Crippen molar-refractivity contribution in [1.82, 2.24) is 0 Å². The molecule has 88 valence electrons. The standard InChI is InChI=1S/C12H17NO3/c1-12(2,3)16-10-6-5-8(13)7-9(10)11(14)15-4/h5-7H,13H2,1-4H3. The summed E-state index contributed by atoms with van der Waals surface area (Å²) in [5, 5.41) is 0. The molecule has 0 atom stereocenters. The van der Waals surface area contributed by atoms with Gasteiger partial charge in [0.25, 0.3) is 0 Å². The zero-order valence-electron chi connectivity index (χ0n) is 10.0. The van der Waals surface area contributed by atoms with E-state index in [2.05, 4.69) is 4.74 Å². The minimum absolute atomic E-state index is 0.345. The average Bonchev–Trinajstić information content (AvgIpc) is 2.17. The second-order valence-corrected chi connectivity index (χ2v) is 4.46. The van der Waals surface area contributed by atoms with Gasteiger partial charge in [-0.3, -0.25) is 0 Å². The van der Waals surface area contributed by atoms with Crippen molar-refractivity contribution in [2.45, 2.75) is 26.4 Å². The Balaban J connectivity index is 3.13. The number of carbonyl (C=O) groups is 1. The molecule has 0 spiro atoms. The SMILES string of the molecule is COC(=O)c1cc(N)ccc1OC(C)(C)C. The first-order valence-corrected chi connectivity index (χ1v) is 5.00. The number of anilines is 1. The highest BCUT2D eigenvalue weighted by Crippen LogP contribution is 2.25. The van der Waals surface area contributed by atoms with Gasteiger partial charge in [-0.25, -0.2) is 4.79 Å². The van der Waals surface area contributed by atoms with E-state index in [4.69, 9.17) is 10.5 Å². The van der Waals surface area contributed by atoms with E-state index in [0.717, 1.165) is 0 Å². The lowest BCUT2D eigenvalue weighted by molar-refractivity contribution is 0.0586. The Morgan fingerprint density at radius 3 is 2.44 bits per heavy atom. The van der Waals surface area contributed by atoms with E-state index in [9.17, 15) is 4.79 Å². The molecule has 0 radical (unpaired) electrons. The number of ether oxygens (including phenoxy) is 2. The van der Waals surface area contributed by atoms with E-state index in [0.29, 0.717) is 17.0 Å². The summed E-state index contributed by atoms with van der Waals surface area (Å²) >= 11 is 0. The van der Waals surface area contributed by atoms with Crippen molar-refractivity contribution in [3.8, 4) is 5.75 Å². The van der Waals surface area contributed by atoms with Crippen LogP contribution in [0.1, 0.15) is 31.1 Å². The van der Waals surface area contributed by atoms with Crippen LogP contribution < -0.4 is 10.5 Å². The Labute approximate surface area is 95.3 Å². The summed E-state index contributed by atoms with van der Waals surface area (Å²) in [6.45, 7) is 5.72. The lowest BCUT2D eigenvalue weighted by Crippen LogP contribution is -2.24. The summed E-state index contributed by atoms with van der Waals surface area (Å²) < 4.78 is 10.3. The number of hydrogen-bond donors (Lipinski definition) is 1. The summed E-state index contributed by atoms with van der Waals surface area (Å²) in [7, 11) is 1.33. The molecule has 2 N–H and O–H groups in total. The van der Waals surface area contributed by atoms with E-state index >= 15 is 0 Å². The van der Waals surface area contributed by atoms with Crippen LogP contribution in [0.25, 0.3) is 0 Å². The second-order valence-electron chi connectivity index (χ2n) is 4.46. The van der Waals surface area contributed by atoms with Gasteiger partial charge >= 0.3 is 5.97 Å². The van der Waals surface area contributed by atoms with Crippen LogP contribution in [-0.2, 0) is 4.74 Å². The third-order valence-electron chi connectivity index (χ3n) is 1.83. The Morgan fingerprint density at radius 2 is 1.94 bits per heavy atom. The van der Waals surface area contributed by atoms with E-state index in [1.54, 1.807) is 18.2 Å². The molecular weight excluding hydrogens is 206 g/mol. The minimum atomic E-state index is -0.452. The predicted octanol–water partition coefficient (Wildman–Crippen LogP) is 2.23. The number of methoxy groups -OCH3 is 1. The highest BCUT2D eigenvalue weighted by molar-refractivity contribution is 5.93. The molecule has 0 heterocycles. The predicted molar refractivity (Wildman–Crippen MR) is 62.6 cm³/mol. The quantitative estimate of drug-likeness (QED) is 0.617. The molecule has 1 rings (SSSR count). The first kappa shape index (κ1) is 12.4. The largest absolute Gasteiger partial charge is 0.487 e. The van der Waals surface area contributed by atoms with Gasteiger partial charge in [0.2, 0.25) is 0 Å². The fourth-order valence-electron chi connectivity index (χ4n) is 1.24. The van der Waals surface area contributed by atoms with Crippen molar-refractivity contribution in [1.29, 1.82) is 0 Å². The van der Waals surface area contributed by atoms with Crippen LogP contribution in [0.15, 0.2) is 18.2 Å². The Hall–Kier alpha value is -1.71. The number of hydrogen-bond acceptors (Lipinski definition) is 4. The van der Waals surface area contributed by atoms with Gasteiger partial charge in [-0.15, -0.1) is 0 Å². The van der Waals surface area contributed by atoms with Crippen molar-refractivity contribution in [2.75, 3.05) is 12.8 Å². The van der Waals surface area contributed by atoms with Crippen molar-refractivity contribution in [2.24, 2.45) is 0 Å². The third-order valence-corrected chi connectivity index (χ3v) is 1.83. The average molecular weight is 223 g/mol. The first-order valence-electron chi connectivity index (χ1n) is 5.00. The van der Waals surface area contributed by atoms with Crippen LogP contribution in [0.2, 0.25) is 0 Å². The van der Waals surface area contributed by atoms with Gasteiger partial charge in [-0.05, 0) is 39.0 Å². The maximum absolute atomic E-state index is 11.5. The molecule has 0 aliphatic rings. The molecule has 0 aliphatic carbocycles. The third kappa shape index (κ3) is 3.15. The molecule has 0 fully saturated rings. The maximum atomic E-state index is 11.5. The summed E-state index contributed by atoms with van der Waals surface area (Å²) in [6.07, 6.45) is 0. The monoisotopic (exact) mass is 223 g/mol. The van der Waals surface area contributed by atoms with E-state index < -0.39 is 5.97 Å². The summed E-state index contributed by atoms with van der Waals surface area (Å²) in [5.74, 6) is 0.0279. The van der Waals surface area contributed by atoms with Crippen molar-refractivity contribution >= 4 is 11.7 Å². The lowest BCUT2D eigenvalue weighted by Gasteiger charge is -2.22. The molecule has 0 saturated carbocycles. The molecule has 16 heavy (non-hydrogen) atoms. The molecular formula is C12H17NO3. The molecule has 0 unspecified atom stereocenters. The molecule has 0 saturated heterocycles. The van der Waals surface area contributed by atoms with E-state index in [1.807, 2.05) is 20.8 Å².